The molecule has 1 rings (SSSR count). The van der Waals surface area contributed by atoms with Gasteiger partial charge < -0.3 is 10.3 Å². The van der Waals surface area contributed by atoms with E-state index in [-0.39, 0.29) is 0 Å². The van der Waals surface area contributed by atoms with Gasteiger partial charge >= 0.3 is 0 Å². The van der Waals surface area contributed by atoms with Crippen molar-refractivity contribution in [3.8, 4) is 0 Å². The van der Waals surface area contributed by atoms with Crippen LogP contribution >= 0.6 is 0 Å². The van der Waals surface area contributed by atoms with Gasteiger partial charge in [0.15, 0.2) is 0 Å². The van der Waals surface area contributed by atoms with Crippen molar-refractivity contribution in [2.45, 2.75) is 0 Å². The summed E-state index contributed by atoms with van der Waals surface area (Å²) in [6.45, 7) is 0. The number of hydrogen-bond donors (Lipinski definition) is 2. The highest BCUT2D eigenvalue weighted by Crippen LogP contribution is 2.14. The molecule has 0 radical (unpaired) electrons. The summed E-state index contributed by atoms with van der Waals surface area (Å²) < 4.78 is 1.80. The maximum atomic E-state index is 7.91. The molecule has 0 aliphatic rings. The summed E-state index contributed by atoms with van der Waals surface area (Å²) in [6.07, 6.45) is 1.85. The molecule has 78 valence electrons. The first-order valence-corrected chi connectivity index (χ1v) is 4.35. The van der Waals surface area contributed by atoms with Gasteiger partial charge in [0.1, 0.15) is 11.7 Å². The summed E-state index contributed by atoms with van der Waals surface area (Å²) in [6, 6.07) is 1.84. The SMILES string of the molecule is CN(C)N(C)C(=N)c1ccn(C)c1N. The van der Waals surface area contributed by atoms with Gasteiger partial charge in [-0.05, 0) is 6.07 Å². The first-order chi connectivity index (χ1) is 6.45. The molecule has 0 aromatic carbocycles. The molecule has 5 heteroatoms. The smallest absolute Gasteiger partial charge is 0.146 e. The molecule has 0 aliphatic heterocycles. The molecule has 14 heavy (non-hydrogen) atoms. The van der Waals surface area contributed by atoms with Gasteiger partial charge in [0.2, 0.25) is 0 Å². The van der Waals surface area contributed by atoms with Crippen LogP contribution in [-0.4, -0.2) is 41.6 Å². The van der Waals surface area contributed by atoms with Crippen LogP contribution in [0.2, 0.25) is 0 Å². The first-order valence-electron chi connectivity index (χ1n) is 4.35. The van der Waals surface area contributed by atoms with Crippen LogP contribution in [0.3, 0.4) is 0 Å². The van der Waals surface area contributed by atoms with Crippen LogP contribution in [0.25, 0.3) is 0 Å². The molecule has 3 N–H and O–H groups in total. The number of hydrazine groups is 1. The number of nitrogen functional groups attached to an aromatic ring is 1. The summed E-state index contributed by atoms with van der Waals surface area (Å²) in [5.41, 5.74) is 6.57. The molecule has 1 aromatic rings. The maximum absolute atomic E-state index is 7.91. The van der Waals surface area contributed by atoms with E-state index in [1.807, 2.05) is 45.5 Å². The zero-order valence-electron chi connectivity index (χ0n) is 9.07. The Morgan fingerprint density at radius 3 is 2.36 bits per heavy atom. The zero-order valence-corrected chi connectivity index (χ0v) is 9.07. The van der Waals surface area contributed by atoms with Crippen LogP contribution in [0, 0.1) is 5.41 Å². The Morgan fingerprint density at radius 2 is 2.00 bits per heavy atom. The van der Waals surface area contributed by atoms with Gasteiger partial charge in [-0.25, -0.2) is 5.01 Å². The van der Waals surface area contributed by atoms with Crippen molar-refractivity contribution in [2.75, 3.05) is 26.9 Å². The van der Waals surface area contributed by atoms with Crippen LogP contribution in [-0.2, 0) is 7.05 Å². The van der Waals surface area contributed by atoms with Crippen molar-refractivity contribution >= 4 is 11.7 Å². The molecular formula is C9H17N5. The lowest BCUT2D eigenvalue weighted by atomic mass is 10.3. The summed E-state index contributed by atoms with van der Waals surface area (Å²) in [5.74, 6) is 1.01. The molecule has 1 aromatic heterocycles. The quantitative estimate of drug-likeness (QED) is 0.406. The Labute approximate surface area is 84.2 Å². The zero-order chi connectivity index (χ0) is 10.9. The molecule has 0 saturated carbocycles. The molecule has 0 unspecified atom stereocenters. The van der Waals surface area contributed by atoms with Gasteiger partial charge in [0.05, 0.1) is 5.56 Å². The number of nitrogens with two attached hydrogens (primary N) is 1. The highest BCUT2D eigenvalue weighted by atomic mass is 15.6. The Kier molecular flexibility index (Phi) is 2.81. The molecule has 0 amide bonds. The second kappa shape index (κ2) is 3.71. The number of nitrogens with one attached hydrogen (secondary N) is 1. The van der Waals surface area contributed by atoms with Crippen LogP contribution in [0.5, 0.6) is 0 Å². The average Bonchev–Trinajstić information content (AvgIpc) is 2.45. The molecule has 0 atom stereocenters. The van der Waals surface area contributed by atoms with Crippen LogP contribution < -0.4 is 5.73 Å². The normalized spacial score (nSPS) is 10.6. The fourth-order valence-corrected chi connectivity index (χ4v) is 1.12. The molecule has 0 fully saturated rings. The van der Waals surface area contributed by atoms with Crippen LogP contribution in [0.1, 0.15) is 5.56 Å². The van der Waals surface area contributed by atoms with E-state index in [9.17, 15) is 0 Å². The predicted molar refractivity (Wildman–Crippen MR) is 58.1 cm³/mol. The molecule has 1 heterocycles. The van der Waals surface area contributed by atoms with E-state index >= 15 is 0 Å². The summed E-state index contributed by atoms with van der Waals surface area (Å²) in [4.78, 5) is 0. The van der Waals surface area contributed by atoms with Gasteiger partial charge in [0.25, 0.3) is 0 Å². The molecular weight excluding hydrogens is 178 g/mol. The number of nitrogens with zero attached hydrogens (tertiary/aromatic N) is 3. The standard InChI is InChI=1S/C9H17N5/c1-12(2)14(4)9(11)7-5-6-13(3)8(7)10/h5-6,11H,10H2,1-4H3. The van der Waals surface area contributed by atoms with Gasteiger partial charge in [-0.2, -0.15) is 0 Å². The second-order valence-electron chi connectivity index (χ2n) is 3.44. The van der Waals surface area contributed by atoms with Crippen molar-refractivity contribution in [1.29, 1.82) is 5.41 Å². The first kappa shape index (κ1) is 10.6. The predicted octanol–water partition coefficient (Wildman–Crippen LogP) is 0.341. The van der Waals surface area contributed by atoms with E-state index in [2.05, 4.69) is 0 Å². The monoisotopic (exact) mass is 195 g/mol. The fourth-order valence-electron chi connectivity index (χ4n) is 1.12. The van der Waals surface area contributed by atoms with E-state index in [0.717, 1.165) is 5.56 Å². The Hall–Kier alpha value is -1.49. The minimum Gasteiger partial charge on any atom is -0.384 e. The third-order valence-corrected chi connectivity index (χ3v) is 2.30. The minimum atomic E-state index is 0.396. The molecule has 0 spiro atoms. The third kappa shape index (κ3) is 1.72. The van der Waals surface area contributed by atoms with E-state index in [4.69, 9.17) is 11.1 Å². The van der Waals surface area contributed by atoms with Crippen molar-refractivity contribution in [3.05, 3.63) is 17.8 Å². The van der Waals surface area contributed by atoms with Crippen molar-refractivity contribution < 1.29 is 0 Å². The van der Waals surface area contributed by atoms with E-state index in [1.54, 1.807) is 9.58 Å². The lowest BCUT2D eigenvalue weighted by Gasteiger charge is -2.26. The van der Waals surface area contributed by atoms with Crippen LogP contribution in [0.15, 0.2) is 12.3 Å². The van der Waals surface area contributed by atoms with Crippen molar-refractivity contribution in [1.82, 2.24) is 14.6 Å². The van der Waals surface area contributed by atoms with E-state index in [1.165, 1.54) is 0 Å². The number of rotatable bonds is 2. The van der Waals surface area contributed by atoms with E-state index in [0.29, 0.717) is 11.7 Å². The lowest BCUT2D eigenvalue weighted by molar-refractivity contribution is 0.144. The molecule has 0 aliphatic carbocycles. The highest BCUT2D eigenvalue weighted by molar-refractivity contribution is 6.00. The lowest BCUT2D eigenvalue weighted by Crippen LogP contribution is -2.38. The molecule has 0 bridgehead atoms. The summed E-state index contributed by atoms with van der Waals surface area (Å²) in [7, 11) is 7.46. The third-order valence-electron chi connectivity index (χ3n) is 2.30. The fraction of sp³-hybridized carbons (Fsp3) is 0.444. The Bertz CT molecular complexity index is 339. The topological polar surface area (TPSA) is 61.3 Å². The van der Waals surface area contributed by atoms with Crippen molar-refractivity contribution in [3.63, 3.8) is 0 Å². The van der Waals surface area contributed by atoms with Crippen LogP contribution in [0.4, 0.5) is 5.82 Å². The van der Waals surface area contributed by atoms with E-state index < -0.39 is 0 Å². The minimum absolute atomic E-state index is 0.396. The number of amidine groups is 1. The number of aryl methyl sites for hydroxylation is 1. The Morgan fingerprint density at radius 1 is 1.43 bits per heavy atom. The number of anilines is 1. The highest BCUT2D eigenvalue weighted by Gasteiger charge is 2.13. The van der Waals surface area contributed by atoms with Gasteiger partial charge in [0, 0.05) is 34.4 Å². The second-order valence-corrected chi connectivity index (χ2v) is 3.44. The average molecular weight is 195 g/mol. The van der Waals surface area contributed by atoms with Gasteiger partial charge in [-0.1, -0.05) is 0 Å². The number of aromatic nitrogens is 1. The van der Waals surface area contributed by atoms with Gasteiger partial charge in [-0.3, -0.25) is 10.4 Å². The largest absolute Gasteiger partial charge is 0.384 e. The van der Waals surface area contributed by atoms with Crippen molar-refractivity contribution in [2.24, 2.45) is 7.05 Å². The maximum Gasteiger partial charge on any atom is 0.146 e. The summed E-state index contributed by atoms with van der Waals surface area (Å²) in [5, 5.41) is 11.5. The van der Waals surface area contributed by atoms with Gasteiger partial charge in [-0.15, -0.1) is 0 Å². The molecule has 0 saturated heterocycles. The molecule has 5 nitrogen and oxygen atoms in total. The number of hydrogen-bond acceptors (Lipinski definition) is 3. The summed E-state index contributed by atoms with van der Waals surface area (Å²) >= 11 is 0. The Balaban J connectivity index is 2.95.